The molecule has 0 saturated carbocycles. The fourth-order valence-corrected chi connectivity index (χ4v) is 2.71. The minimum Gasteiger partial charge on any atom is -0.343 e. The third-order valence-corrected chi connectivity index (χ3v) is 4.08. The van der Waals surface area contributed by atoms with Crippen molar-refractivity contribution in [3.05, 3.63) is 65.8 Å². The van der Waals surface area contributed by atoms with Gasteiger partial charge in [0.05, 0.1) is 23.8 Å². The Morgan fingerprint density at radius 1 is 1.20 bits per heavy atom. The third-order valence-electron chi connectivity index (χ3n) is 4.08. The Hall–Kier alpha value is -3.48. The summed E-state index contributed by atoms with van der Waals surface area (Å²) in [7, 11) is 0. The van der Waals surface area contributed by atoms with Crippen LogP contribution in [0.3, 0.4) is 0 Å². The Bertz CT molecular complexity index is 1000. The van der Waals surface area contributed by atoms with Gasteiger partial charge in [-0.3, -0.25) is 19.9 Å². The second kappa shape index (κ2) is 6.20. The van der Waals surface area contributed by atoms with Crippen LogP contribution < -0.4 is 10.6 Å². The number of aliphatic imine (C=N–C) groups is 1. The van der Waals surface area contributed by atoms with Crippen molar-refractivity contribution >= 4 is 28.3 Å². The number of aromatic nitrogens is 3. The number of H-pyrrole nitrogens is 1. The number of anilines is 1. The van der Waals surface area contributed by atoms with Gasteiger partial charge in [-0.05, 0) is 37.3 Å². The zero-order chi connectivity index (χ0) is 17.2. The first-order chi connectivity index (χ1) is 12.2. The predicted octanol–water partition coefficient (Wildman–Crippen LogP) is 2.22. The number of allylic oxidation sites excluding steroid dienone is 1. The number of aromatic amines is 1. The summed E-state index contributed by atoms with van der Waals surface area (Å²) in [5.41, 5.74) is 4.01. The van der Waals surface area contributed by atoms with E-state index in [0.29, 0.717) is 12.1 Å². The van der Waals surface area contributed by atoms with Crippen molar-refractivity contribution in [1.29, 1.82) is 0 Å². The number of pyridine rings is 1. The molecule has 0 fully saturated rings. The average molecular weight is 332 g/mol. The van der Waals surface area contributed by atoms with Crippen LogP contribution in [0.15, 0.2) is 65.2 Å². The summed E-state index contributed by atoms with van der Waals surface area (Å²) in [6.45, 7) is 2.21. The molecule has 0 atom stereocenters. The number of rotatable bonds is 3. The van der Waals surface area contributed by atoms with E-state index in [0.717, 1.165) is 33.7 Å². The van der Waals surface area contributed by atoms with E-state index in [1.807, 2.05) is 37.3 Å². The number of carbonyl (C=O) groups excluding carboxylic acids is 1. The summed E-state index contributed by atoms with van der Waals surface area (Å²) >= 11 is 0. The van der Waals surface area contributed by atoms with Crippen LogP contribution in [0.1, 0.15) is 12.5 Å². The second-order valence-electron chi connectivity index (χ2n) is 5.76. The Morgan fingerprint density at radius 3 is 2.84 bits per heavy atom. The molecule has 0 aliphatic carbocycles. The number of carbonyl (C=O) groups is 1. The van der Waals surface area contributed by atoms with Crippen molar-refractivity contribution < 1.29 is 4.79 Å². The van der Waals surface area contributed by atoms with Gasteiger partial charge in [0.1, 0.15) is 5.84 Å². The molecule has 7 nitrogen and oxygen atoms in total. The molecular weight excluding hydrogens is 316 g/mol. The molecule has 1 aromatic carbocycles. The van der Waals surface area contributed by atoms with E-state index in [-0.39, 0.29) is 5.91 Å². The number of benzene rings is 1. The number of amidine groups is 1. The molecule has 0 bridgehead atoms. The van der Waals surface area contributed by atoms with Crippen molar-refractivity contribution in [1.82, 2.24) is 20.5 Å². The van der Waals surface area contributed by atoms with Gasteiger partial charge in [-0.2, -0.15) is 5.10 Å². The maximum atomic E-state index is 12.6. The maximum Gasteiger partial charge on any atom is 0.255 e. The van der Waals surface area contributed by atoms with Gasteiger partial charge < -0.3 is 10.6 Å². The van der Waals surface area contributed by atoms with Crippen LogP contribution in [-0.4, -0.2) is 33.5 Å². The van der Waals surface area contributed by atoms with E-state index in [9.17, 15) is 4.79 Å². The van der Waals surface area contributed by atoms with Crippen LogP contribution in [-0.2, 0) is 4.79 Å². The molecule has 124 valence electrons. The maximum absolute atomic E-state index is 12.6. The standard InChI is InChI=1S/C18H16N6O/c1-11-15(10-20-17(22-11)12-4-6-19-7-5-12)18(25)23-14-2-3-16-13(8-14)9-21-24-16/h2-9H,10H2,1H3,(H,20,22)(H,21,24)(H,23,25). The highest BCUT2D eigenvalue weighted by molar-refractivity contribution is 6.08. The lowest BCUT2D eigenvalue weighted by molar-refractivity contribution is -0.112. The summed E-state index contributed by atoms with van der Waals surface area (Å²) in [4.78, 5) is 21.1. The zero-order valence-corrected chi connectivity index (χ0v) is 13.6. The van der Waals surface area contributed by atoms with Crippen LogP contribution in [0.25, 0.3) is 10.9 Å². The van der Waals surface area contributed by atoms with E-state index < -0.39 is 0 Å². The van der Waals surface area contributed by atoms with E-state index in [1.54, 1.807) is 18.6 Å². The highest BCUT2D eigenvalue weighted by Gasteiger charge is 2.19. The van der Waals surface area contributed by atoms with Gasteiger partial charge in [0.2, 0.25) is 0 Å². The first kappa shape index (κ1) is 15.1. The smallest absolute Gasteiger partial charge is 0.255 e. The SMILES string of the molecule is CC1=C(C(=O)Nc2ccc3[nH]ncc3c2)CN=C(c2ccncc2)N1. The molecule has 2 aromatic heterocycles. The summed E-state index contributed by atoms with van der Waals surface area (Å²) in [5, 5.41) is 13.9. The van der Waals surface area contributed by atoms with Crippen molar-refractivity contribution in [2.75, 3.05) is 11.9 Å². The highest BCUT2D eigenvalue weighted by Crippen LogP contribution is 2.19. The van der Waals surface area contributed by atoms with Gasteiger partial charge in [-0.1, -0.05) is 0 Å². The normalized spacial score (nSPS) is 14.2. The Kier molecular flexibility index (Phi) is 3.74. The number of amides is 1. The van der Waals surface area contributed by atoms with Crippen LogP contribution in [0.2, 0.25) is 0 Å². The molecule has 0 saturated heterocycles. The first-order valence-electron chi connectivity index (χ1n) is 7.87. The molecule has 1 aliphatic rings. The molecule has 3 heterocycles. The van der Waals surface area contributed by atoms with Crippen LogP contribution in [0.5, 0.6) is 0 Å². The van der Waals surface area contributed by atoms with Gasteiger partial charge in [-0.15, -0.1) is 0 Å². The Balaban J connectivity index is 1.50. The monoisotopic (exact) mass is 332 g/mol. The average Bonchev–Trinajstić information content (AvgIpc) is 3.10. The molecule has 25 heavy (non-hydrogen) atoms. The van der Waals surface area contributed by atoms with E-state index in [1.165, 1.54) is 0 Å². The zero-order valence-electron chi connectivity index (χ0n) is 13.6. The molecule has 1 amide bonds. The molecule has 4 rings (SSSR count). The largest absolute Gasteiger partial charge is 0.343 e. The van der Waals surface area contributed by atoms with Crippen LogP contribution in [0.4, 0.5) is 5.69 Å². The molecule has 7 heteroatoms. The van der Waals surface area contributed by atoms with E-state index >= 15 is 0 Å². The van der Waals surface area contributed by atoms with Crippen molar-refractivity contribution in [2.45, 2.75) is 6.92 Å². The third kappa shape index (κ3) is 2.99. The molecule has 1 aliphatic heterocycles. The second-order valence-corrected chi connectivity index (χ2v) is 5.76. The van der Waals surface area contributed by atoms with E-state index in [2.05, 4.69) is 30.8 Å². The molecular formula is C18H16N6O. The first-order valence-corrected chi connectivity index (χ1v) is 7.87. The Morgan fingerprint density at radius 2 is 2.04 bits per heavy atom. The number of fused-ring (bicyclic) bond motifs is 1. The van der Waals surface area contributed by atoms with Crippen molar-refractivity contribution in [3.8, 4) is 0 Å². The van der Waals surface area contributed by atoms with Crippen molar-refractivity contribution in [3.63, 3.8) is 0 Å². The highest BCUT2D eigenvalue weighted by atomic mass is 16.1. The lowest BCUT2D eigenvalue weighted by atomic mass is 10.1. The molecule has 0 unspecified atom stereocenters. The summed E-state index contributed by atoms with van der Waals surface area (Å²) in [6, 6.07) is 9.37. The van der Waals surface area contributed by atoms with Gasteiger partial charge in [0.15, 0.2) is 0 Å². The number of hydrogen-bond donors (Lipinski definition) is 3. The summed E-state index contributed by atoms with van der Waals surface area (Å²) in [6.07, 6.45) is 5.16. The molecule has 3 aromatic rings. The summed E-state index contributed by atoms with van der Waals surface area (Å²) < 4.78 is 0. The van der Waals surface area contributed by atoms with Crippen LogP contribution >= 0.6 is 0 Å². The lowest BCUT2D eigenvalue weighted by Crippen LogP contribution is -2.32. The fourth-order valence-electron chi connectivity index (χ4n) is 2.71. The number of hydrogen-bond acceptors (Lipinski definition) is 5. The fraction of sp³-hybridized carbons (Fsp3) is 0.111. The van der Waals surface area contributed by atoms with E-state index in [4.69, 9.17) is 0 Å². The topological polar surface area (TPSA) is 95.1 Å². The predicted molar refractivity (Wildman–Crippen MR) is 96.2 cm³/mol. The quantitative estimate of drug-likeness (QED) is 0.685. The van der Waals surface area contributed by atoms with Gasteiger partial charge >= 0.3 is 0 Å². The van der Waals surface area contributed by atoms with Gasteiger partial charge in [0.25, 0.3) is 5.91 Å². The van der Waals surface area contributed by atoms with Gasteiger partial charge in [-0.25, -0.2) is 0 Å². The lowest BCUT2D eigenvalue weighted by Gasteiger charge is -2.19. The van der Waals surface area contributed by atoms with Crippen molar-refractivity contribution in [2.24, 2.45) is 4.99 Å². The van der Waals surface area contributed by atoms with Gasteiger partial charge in [0, 0.05) is 34.7 Å². The minimum atomic E-state index is -0.162. The molecule has 3 N–H and O–H groups in total. The molecule has 0 radical (unpaired) electrons. The number of nitrogens with zero attached hydrogens (tertiary/aromatic N) is 3. The number of nitrogens with one attached hydrogen (secondary N) is 3. The molecule has 0 spiro atoms. The summed E-state index contributed by atoms with van der Waals surface area (Å²) in [5.74, 6) is 0.585. The minimum absolute atomic E-state index is 0.162. The Labute approximate surface area is 143 Å². The van der Waals surface area contributed by atoms with Crippen LogP contribution in [0, 0.1) is 0 Å².